The molecule has 0 saturated heterocycles. The molecule has 1 aliphatic rings. The molecule has 19 heavy (non-hydrogen) atoms. The minimum absolute atomic E-state index is 0.407. The summed E-state index contributed by atoms with van der Waals surface area (Å²) in [5.41, 5.74) is 7.44. The summed E-state index contributed by atoms with van der Waals surface area (Å²) in [5.74, 6) is 1.19. The molecule has 1 aromatic rings. The van der Waals surface area contributed by atoms with Crippen LogP contribution in [-0.2, 0) is 6.42 Å². The third-order valence-electron chi connectivity index (χ3n) is 4.50. The molecular weight excluding hydrogens is 277 g/mol. The van der Waals surface area contributed by atoms with Gasteiger partial charge in [0.15, 0.2) is 0 Å². The van der Waals surface area contributed by atoms with E-state index in [1.807, 2.05) is 18.2 Å². The predicted octanol–water partition coefficient (Wildman–Crippen LogP) is 4.94. The molecule has 1 aromatic carbocycles. The lowest BCUT2D eigenvalue weighted by Crippen LogP contribution is -2.35. The first-order valence-corrected chi connectivity index (χ1v) is 7.81. The van der Waals surface area contributed by atoms with Crippen molar-refractivity contribution in [2.24, 2.45) is 23.0 Å². The van der Waals surface area contributed by atoms with Crippen molar-refractivity contribution in [1.82, 2.24) is 0 Å². The molecule has 2 atom stereocenters. The Morgan fingerprint density at radius 3 is 2.42 bits per heavy atom. The van der Waals surface area contributed by atoms with Crippen molar-refractivity contribution in [1.29, 1.82) is 0 Å². The Hall–Kier alpha value is -0.240. The average molecular weight is 300 g/mol. The van der Waals surface area contributed by atoms with Gasteiger partial charge in [-0.25, -0.2) is 0 Å². The normalized spacial score (nSPS) is 26.4. The van der Waals surface area contributed by atoms with E-state index in [2.05, 4.69) is 13.8 Å². The summed E-state index contributed by atoms with van der Waals surface area (Å²) in [6, 6.07) is 5.75. The topological polar surface area (TPSA) is 26.0 Å². The van der Waals surface area contributed by atoms with E-state index >= 15 is 0 Å². The molecule has 1 nitrogen and oxygen atoms in total. The Bertz CT molecular complexity index is 422. The molecule has 2 N–H and O–H groups in total. The Morgan fingerprint density at radius 1 is 1.21 bits per heavy atom. The predicted molar refractivity (Wildman–Crippen MR) is 83.8 cm³/mol. The van der Waals surface area contributed by atoms with Gasteiger partial charge in [0, 0.05) is 10.0 Å². The van der Waals surface area contributed by atoms with Crippen LogP contribution in [0.4, 0.5) is 0 Å². The van der Waals surface area contributed by atoms with Crippen LogP contribution in [0.25, 0.3) is 0 Å². The quantitative estimate of drug-likeness (QED) is 0.841. The molecule has 0 radical (unpaired) electrons. The number of nitrogens with two attached hydrogens (primary N) is 1. The van der Waals surface area contributed by atoms with Gasteiger partial charge in [0.05, 0.1) is 0 Å². The number of hydrogen-bond donors (Lipinski definition) is 1. The second kappa shape index (κ2) is 6.03. The van der Waals surface area contributed by atoms with E-state index in [0.717, 1.165) is 28.6 Å². The number of hydrogen-bond acceptors (Lipinski definition) is 1. The van der Waals surface area contributed by atoms with Crippen LogP contribution in [0.2, 0.25) is 10.0 Å². The fourth-order valence-corrected chi connectivity index (χ4v) is 3.88. The smallest absolute Gasteiger partial charge is 0.0452 e. The van der Waals surface area contributed by atoms with Crippen LogP contribution in [0, 0.1) is 17.3 Å². The van der Waals surface area contributed by atoms with Gasteiger partial charge in [-0.3, -0.25) is 0 Å². The summed E-state index contributed by atoms with van der Waals surface area (Å²) in [6.45, 7) is 5.46. The summed E-state index contributed by atoms with van der Waals surface area (Å²) < 4.78 is 0. The van der Waals surface area contributed by atoms with Crippen molar-refractivity contribution in [3.8, 4) is 0 Å². The molecular formula is C16H23Cl2N. The summed E-state index contributed by atoms with van der Waals surface area (Å²) in [6.07, 6.45) is 4.64. The van der Waals surface area contributed by atoms with Gasteiger partial charge in [-0.05, 0) is 67.2 Å². The van der Waals surface area contributed by atoms with Crippen molar-refractivity contribution < 1.29 is 0 Å². The second-order valence-electron chi connectivity index (χ2n) is 6.57. The van der Waals surface area contributed by atoms with E-state index in [-0.39, 0.29) is 0 Å². The van der Waals surface area contributed by atoms with Crippen LogP contribution >= 0.6 is 23.2 Å². The van der Waals surface area contributed by atoms with Crippen molar-refractivity contribution in [2.45, 2.75) is 39.5 Å². The first-order valence-electron chi connectivity index (χ1n) is 7.06. The molecule has 0 aliphatic heterocycles. The van der Waals surface area contributed by atoms with Gasteiger partial charge in [-0.2, -0.15) is 0 Å². The van der Waals surface area contributed by atoms with Crippen LogP contribution in [0.3, 0.4) is 0 Å². The van der Waals surface area contributed by atoms with Crippen LogP contribution in [0.5, 0.6) is 0 Å². The molecule has 2 unspecified atom stereocenters. The van der Waals surface area contributed by atoms with E-state index in [9.17, 15) is 0 Å². The summed E-state index contributed by atoms with van der Waals surface area (Å²) in [5, 5.41) is 1.57. The van der Waals surface area contributed by atoms with E-state index in [0.29, 0.717) is 17.3 Å². The largest absolute Gasteiger partial charge is 0.330 e. The fraction of sp³-hybridized carbons (Fsp3) is 0.625. The zero-order chi connectivity index (χ0) is 14.0. The Morgan fingerprint density at radius 2 is 1.84 bits per heavy atom. The summed E-state index contributed by atoms with van der Waals surface area (Å²) in [4.78, 5) is 0. The molecule has 2 rings (SSSR count). The highest BCUT2D eigenvalue weighted by molar-refractivity contribution is 6.35. The highest BCUT2D eigenvalue weighted by Gasteiger charge is 2.34. The molecule has 1 fully saturated rings. The standard InChI is InChI=1S/C16H23Cl2N/c1-16(2)7-6-11(10-19)12(9-16)8-13-14(17)4-3-5-15(13)18/h3-5,11-12H,6-10,19H2,1-2H3. The van der Waals surface area contributed by atoms with Crippen molar-refractivity contribution >= 4 is 23.2 Å². The molecule has 1 aliphatic carbocycles. The lowest BCUT2D eigenvalue weighted by Gasteiger charge is -2.40. The average Bonchev–Trinajstić information content (AvgIpc) is 2.33. The summed E-state index contributed by atoms with van der Waals surface area (Å²) >= 11 is 12.6. The van der Waals surface area contributed by atoms with Crippen LogP contribution in [0.15, 0.2) is 18.2 Å². The zero-order valence-corrected chi connectivity index (χ0v) is 13.3. The van der Waals surface area contributed by atoms with Gasteiger partial charge in [0.1, 0.15) is 0 Å². The maximum absolute atomic E-state index is 6.30. The molecule has 3 heteroatoms. The monoisotopic (exact) mass is 299 g/mol. The second-order valence-corrected chi connectivity index (χ2v) is 7.38. The highest BCUT2D eigenvalue weighted by atomic mass is 35.5. The molecule has 0 bridgehead atoms. The number of benzene rings is 1. The van der Waals surface area contributed by atoms with Gasteiger partial charge in [-0.1, -0.05) is 43.1 Å². The molecule has 0 amide bonds. The van der Waals surface area contributed by atoms with Gasteiger partial charge in [0.2, 0.25) is 0 Å². The first-order chi connectivity index (χ1) is 8.93. The summed E-state index contributed by atoms with van der Waals surface area (Å²) in [7, 11) is 0. The minimum atomic E-state index is 0.407. The molecule has 0 aromatic heterocycles. The van der Waals surface area contributed by atoms with Crippen LogP contribution < -0.4 is 5.73 Å². The maximum Gasteiger partial charge on any atom is 0.0452 e. The fourth-order valence-electron chi connectivity index (χ4n) is 3.33. The molecule has 1 saturated carbocycles. The lowest BCUT2D eigenvalue weighted by molar-refractivity contribution is 0.121. The molecule has 106 valence electrons. The number of halogens is 2. The Labute approximate surface area is 126 Å². The highest BCUT2D eigenvalue weighted by Crippen LogP contribution is 2.44. The van der Waals surface area contributed by atoms with Gasteiger partial charge in [0.25, 0.3) is 0 Å². The zero-order valence-electron chi connectivity index (χ0n) is 11.8. The van der Waals surface area contributed by atoms with Crippen LogP contribution in [-0.4, -0.2) is 6.54 Å². The third-order valence-corrected chi connectivity index (χ3v) is 5.21. The van der Waals surface area contributed by atoms with Gasteiger partial charge >= 0.3 is 0 Å². The van der Waals surface area contributed by atoms with Crippen molar-refractivity contribution in [3.63, 3.8) is 0 Å². The maximum atomic E-state index is 6.30. The Kier molecular flexibility index (Phi) is 4.81. The molecule has 0 spiro atoms. The van der Waals surface area contributed by atoms with E-state index in [1.165, 1.54) is 19.3 Å². The van der Waals surface area contributed by atoms with Crippen LogP contribution in [0.1, 0.15) is 38.7 Å². The SMILES string of the molecule is CC1(C)CCC(CN)C(Cc2c(Cl)cccc2Cl)C1. The van der Waals surface area contributed by atoms with E-state index in [4.69, 9.17) is 28.9 Å². The first kappa shape index (κ1) is 15.2. The third kappa shape index (κ3) is 3.65. The van der Waals surface area contributed by atoms with Gasteiger partial charge in [-0.15, -0.1) is 0 Å². The lowest BCUT2D eigenvalue weighted by atomic mass is 9.65. The molecule has 0 heterocycles. The number of rotatable bonds is 3. The van der Waals surface area contributed by atoms with Crippen molar-refractivity contribution in [2.75, 3.05) is 6.54 Å². The Balaban J connectivity index is 2.19. The van der Waals surface area contributed by atoms with Gasteiger partial charge < -0.3 is 5.73 Å². The van der Waals surface area contributed by atoms with E-state index < -0.39 is 0 Å². The van der Waals surface area contributed by atoms with Crippen molar-refractivity contribution in [3.05, 3.63) is 33.8 Å². The minimum Gasteiger partial charge on any atom is -0.330 e. The van der Waals surface area contributed by atoms with E-state index in [1.54, 1.807) is 0 Å².